The molecule has 3 atom stereocenters. The molecule has 1 saturated heterocycles. The van der Waals surface area contributed by atoms with Crippen LogP contribution in [0.15, 0.2) is 0 Å². The lowest BCUT2D eigenvalue weighted by molar-refractivity contribution is 0.424. The highest BCUT2D eigenvalue weighted by Gasteiger charge is 2.25. The molecule has 3 unspecified atom stereocenters. The summed E-state index contributed by atoms with van der Waals surface area (Å²) in [4.78, 5) is 0. The van der Waals surface area contributed by atoms with Gasteiger partial charge in [-0.1, -0.05) is 20.3 Å². The molecule has 1 fully saturated rings. The van der Waals surface area contributed by atoms with Gasteiger partial charge in [0.05, 0.1) is 18.5 Å². The normalized spacial score (nSPS) is 28.0. The lowest BCUT2D eigenvalue weighted by atomic mass is 10.2. The first kappa shape index (κ1) is 9.20. The summed E-state index contributed by atoms with van der Waals surface area (Å²) in [5, 5.41) is 0. The Balaban J connectivity index is 2.08. The van der Waals surface area contributed by atoms with Gasteiger partial charge in [0.2, 0.25) is 0 Å². The summed E-state index contributed by atoms with van der Waals surface area (Å²) in [5.74, 6) is 2.19. The molecule has 0 aliphatic carbocycles. The van der Waals surface area contributed by atoms with Crippen LogP contribution in [0.2, 0.25) is 0 Å². The molecule has 1 heterocycles. The molecule has 0 saturated carbocycles. The monoisotopic (exact) mass is 176 g/mol. The van der Waals surface area contributed by atoms with Crippen molar-refractivity contribution in [3.05, 3.63) is 0 Å². The predicted octanol–water partition coefficient (Wildman–Crippen LogP) is 1.18. The van der Waals surface area contributed by atoms with Gasteiger partial charge in [0, 0.05) is 16.6 Å². The van der Waals surface area contributed by atoms with Crippen molar-refractivity contribution in [2.45, 2.75) is 26.4 Å². The standard InChI is InChI=1S/C8H16O2S/c1-3-7(2)5-11(9)6-8-4-10-8/h7-8H,3-6H2,1-2H3. The SMILES string of the molecule is CCC(C)CS(=O)CC1CO1. The van der Waals surface area contributed by atoms with E-state index in [4.69, 9.17) is 4.74 Å². The molecule has 0 radical (unpaired) electrons. The van der Waals surface area contributed by atoms with Crippen molar-refractivity contribution < 1.29 is 8.95 Å². The third kappa shape index (κ3) is 3.87. The van der Waals surface area contributed by atoms with Crippen LogP contribution in [0.25, 0.3) is 0 Å². The minimum absolute atomic E-state index is 0.319. The Hall–Kier alpha value is 0.110. The molecular weight excluding hydrogens is 160 g/mol. The first-order valence-electron chi connectivity index (χ1n) is 4.19. The molecular formula is C8H16O2S. The van der Waals surface area contributed by atoms with E-state index in [1.165, 1.54) is 0 Å². The van der Waals surface area contributed by atoms with Crippen LogP contribution in [-0.4, -0.2) is 28.4 Å². The summed E-state index contributed by atoms with van der Waals surface area (Å²) in [6.07, 6.45) is 1.44. The van der Waals surface area contributed by atoms with Gasteiger partial charge in [-0.3, -0.25) is 4.21 Å². The molecule has 0 spiro atoms. The van der Waals surface area contributed by atoms with E-state index in [1.54, 1.807) is 0 Å². The molecule has 1 rings (SSSR count). The fourth-order valence-corrected chi connectivity index (χ4v) is 2.49. The van der Waals surface area contributed by atoms with E-state index in [0.29, 0.717) is 12.0 Å². The molecule has 0 aromatic rings. The first-order valence-corrected chi connectivity index (χ1v) is 5.67. The first-order chi connectivity index (χ1) is 5.22. The van der Waals surface area contributed by atoms with E-state index in [9.17, 15) is 4.21 Å². The number of rotatable bonds is 5. The molecule has 0 aromatic heterocycles. The number of hydrogen-bond donors (Lipinski definition) is 0. The molecule has 11 heavy (non-hydrogen) atoms. The Morgan fingerprint density at radius 1 is 1.73 bits per heavy atom. The Kier molecular flexibility index (Phi) is 3.52. The Bertz CT molecular complexity index is 143. The Labute approximate surface area is 70.8 Å². The van der Waals surface area contributed by atoms with Gasteiger partial charge in [0.1, 0.15) is 0 Å². The van der Waals surface area contributed by atoms with Gasteiger partial charge in [-0.05, 0) is 5.92 Å². The molecule has 0 N–H and O–H groups in total. The lowest BCUT2D eigenvalue weighted by Crippen LogP contribution is -2.13. The van der Waals surface area contributed by atoms with Gasteiger partial charge < -0.3 is 4.74 Å². The molecule has 1 aliphatic rings. The average molecular weight is 176 g/mol. The Morgan fingerprint density at radius 2 is 2.36 bits per heavy atom. The van der Waals surface area contributed by atoms with Gasteiger partial charge in [0.25, 0.3) is 0 Å². The van der Waals surface area contributed by atoms with Crippen LogP contribution in [0.1, 0.15) is 20.3 Å². The summed E-state index contributed by atoms with van der Waals surface area (Å²) >= 11 is 0. The molecule has 0 aromatic carbocycles. The zero-order valence-corrected chi connectivity index (χ0v) is 8.02. The molecule has 0 amide bonds. The summed E-state index contributed by atoms with van der Waals surface area (Å²) in [6, 6.07) is 0. The quantitative estimate of drug-likeness (QED) is 0.589. The minimum Gasteiger partial charge on any atom is -0.372 e. The van der Waals surface area contributed by atoms with Crippen LogP contribution in [0.5, 0.6) is 0 Å². The summed E-state index contributed by atoms with van der Waals surface area (Å²) in [5.41, 5.74) is 0. The fraction of sp³-hybridized carbons (Fsp3) is 1.00. The summed E-state index contributed by atoms with van der Waals surface area (Å²) < 4.78 is 16.3. The van der Waals surface area contributed by atoms with E-state index in [-0.39, 0.29) is 0 Å². The highest BCUT2D eigenvalue weighted by Crippen LogP contribution is 2.12. The van der Waals surface area contributed by atoms with Gasteiger partial charge in [-0.25, -0.2) is 0 Å². The van der Waals surface area contributed by atoms with Gasteiger partial charge in [0.15, 0.2) is 0 Å². The van der Waals surface area contributed by atoms with Gasteiger partial charge in [-0.2, -0.15) is 0 Å². The van der Waals surface area contributed by atoms with Crippen molar-refractivity contribution >= 4 is 10.8 Å². The molecule has 1 aliphatic heterocycles. The van der Waals surface area contributed by atoms with Crippen LogP contribution >= 0.6 is 0 Å². The van der Waals surface area contributed by atoms with E-state index in [0.717, 1.165) is 24.5 Å². The smallest absolute Gasteiger partial charge is 0.0924 e. The molecule has 2 nitrogen and oxygen atoms in total. The maximum atomic E-state index is 11.3. The summed E-state index contributed by atoms with van der Waals surface area (Å²) in [6.45, 7) is 5.10. The third-order valence-corrected chi connectivity index (χ3v) is 3.63. The van der Waals surface area contributed by atoms with Crippen molar-refractivity contribution in [1.29, 1.82) is 0 Å². The number of ether oxygens (including phenoxy) is 1. The van der Waals surface area contributed by atoms with E-state index in [2.05, 4.69) is 13.8 Å². The zero-order chi connectivity index (χ0) is 8.27. The van der Waals surface area contributed by atoms with Gasteiger partial charge in [-0.15, -0.1) is 0 Å². The average Bonchev–Trinajstić information content (AvgIpc) is 2.71. The summed E-state index contributed by atoms with van der Waals surface area (Å²) in [7, 11) is -0.643. The van der Waals surface area contributed by atoms with Crippen molar-refractivity contribution in [2.75, 3.05) is 18.1 Å². The van der Waals surface area contributed by atoms with E-state index in [1.807, 2.05) is 0 Å². The second kappa shape index (κ2) is 4.21. The molecule has 3 heteroatoms. The highest BCUT2D eigenvalue weighted by atomic mass is 32.2. The second-order valence-corrected chi connectivity index (χ2v) is 4.79. The minimum atomic E-state index is -0.643. The highest BCUT2D eigenvalue weighted by molar-refractivity contribution is 7.85. The van der Waals surface area contributed by atoms with Crippen molar-refractivity contribution in [3.8, 4) is 0 Å². The zero-order valence-electron chi connectivity index (χ0n) is 7.21. The van der Waals surface area contributed by atoms with E-state index >= 15 is 0 Å². The second-order valence-electron chi connectivity index (χ2n) is 3.24. The largest absolute Gasteiger partial charge is 0.372 e. The van der Waals surface area contributed by atoms with Crippen LogP contribution in [-0.2, 0) is 15.5 Å². The number of hydrogen-bond acceptors (Lipinski definition) is 2. The molecule has 66 valence electrons. The van der Waals surface area contributed by atoms with Crippen LogP contribution in [0.3, 0.4) is 0 Å². The van der Waals surface area contributed by atoms with Crippen molar-refractivity contribution in [2.24, 2.45) is 5.92 Å². The van der Waals surface area contributed by atoms with Crippen molar-refractivity contribution in [3.63, 3.8) is 0 Å². The Morgan fingerprint density at radius 3 is 2.82 bits per heavy atom. The van der Waals surface area contributed by atoms with Crippen LogP contribution in [0.4, 0.5) is 0 Å². The van der Waals surface area contributed by atoms with Crippen LogP contribution in [0, 0.1) is 5.92 Å². The lowest BCUT2D eigenvalue weighted by Gasteiger charge is -2.05. The van der Waals surface area contributed by atoms with Gasteiger partial charge >= 0.3 is 0 Å². The van der Waals surface area contributed by atoms with Crippen LogP contribution < -0.4 is 0 Å². The topological polar surface area (TPSA) is 29.6 Å². The van der Waals surface area contributed by atoms with Crippen molar-refractivity contribution in [1.82, 2.24) is 0 Å². The maximum Gasteiger partial charge on any atom is 0.0924 e. The fourth-order valence-electron chi connectivity index (χ4n) is 0.875. The maximum absolute atomic E-state index is 11.3. The predicted molar refractivity (Wildman–Crippen MR) is 47.1 cm³/mol. The molecule has 0 bridgehead atoms. The third-order valence-electron chi connectivity index (χ3n) is 1.94. The number of epoxide rings is 1. The van der Waals surface area contributed by atoms with E-state index < -0.39 is 10.8 Å².